The Labute approximate surface area is 83.0 Å². The van der Waals surface area contributed by atoms with Gasteiger partial charge in [-0.1, -0.05) is 23.7 Å². The van der Waals surface area contributed by atoms with Crippen LogP contribution in [0, 0.1) is 6.57 Å². The Morgan fingerprint density at radius 1 is 1.27 bits per heavy atom. The Hall–Kier alpha value is -0.420. The van der Waals surface area contributed by atoms with Crippen molar-refractivity contribution >= 4 is 29.7 Å². The summed E-state index contributed by atoms with van der Waals surface area (Å²) in [5.74, 6) is 0. The second-order valence-electron chi connectivity index (χ2n) is 1.58. The van der Waals surface area contributed by atoms with Crippen molar-refractivity contribution in [2.24, 2.45) is 0 Å². The average molecular weight is 210 g/mol. The fourth-order valence-electron chi connectivity index (χ4n) is 0.556. The van der Waals surface area contributed by atoms with E-state index in [1.54, 1.807) is 12.1 Å². The molecule has 0 radical (unpaired) electrons. The van der Waals surface area contributed by atoms with Crippen molar-refractivity contribution in [3.05, 3.63) is 34.1 Å². The molecule has 60 valence electrons. The number of rotatable bonds is 0. The van der Waals surface area contributed by atoms with E-state index in [0.717, 1.165) is 0 Å². The van der Waals surface area contributed by atoms with E-state index in [1.807, 2.05) is 12.1 Å². The number of halogens is 3. The Bertz CT molecular complexity index is 254. The minimum absolute atomic E-state index is 0. The summed E-state index contributed by atoms with van der Waals surface area (Å²) < 4.78 is 0. The van der Waals surface area contributed by atoms with Crippen LogP contribution >= 0.6 is 24.0 Å². The summed E-state index contributed by atoms with van der Waals surface area (Å²) in [4.78, 5) is 3.44. The highest BCUT2D eigenvalue weighted by Crippen LogP contribution is 2.22. The third kappa shape index (κ3) is 3.48. The van der Waals surface area contributed by atoms with Gasteiger partial charge < -0.3 is 12.4 Å². The first kappa shape index (κ1) is 13.2. The predicted molar refractivity (Wildman–Crippen MR) is 46.7 cm³/mol. The fourth-order valence-corrected chi connectivity index (χ4v) is 0.741. The van der Waals surface area contributed by atoms with Gasteiger partial charge in [0, 0.05) is 6.07 Å². The normalized spacial score (nSPS) is 6.91. The molecule has 0 aliphatic heterocycles. The van der Waals surface area contributed by atoms with Crippen molar-refractivity contribution in [3.63, 3.8) is 0 Å². The molecule has 0 aliphatic rings. The van der Waals surface area contributed by atoms with E-state index in [9.17, 15) is 0 Å². The molecule has 0 fully saturated rings. The van der Waals surface area contributed by atoms with Crippen LogP contribution in [0.5, 0.6) is 0 Å². The largest absolute Gasteiger partial charge is 1.00 e. The molecule has 1 rings (SSSR count). The summed E-state index contributed by atoms with van der Waals surface area (Å²) >= 11 is 5.65. The monoisotopic (exact) mass is 209 g/mol. The third-order valence-electron chi connectivity index (χ3n) is 0.992. The van der Waals surface area contributed by atoms with Gasteiger partial charge in [0.25, 0.3) is 6.57 Å². The highest BCUT2D eigenvalue weighted by atomic mass is 35.5. The Balaban J connectivity index is 0. The van der Waals surface area contributed by atoms with E-state index in [-0.39, 0.29) is 24.8 Å². The standard InChI is InChI=1S/C7H5ClN.2ClH/c1-9-7-5-3-2-4-6(7)8;;/h1-5H;2*1H/q+1;;/p-1. The molecule has 1 aromatic rings. The van der Waals surface area contributed by atoms with Crippen molar-refractivity contribution in [1.82, 2.24) is 0 Å². The highest BCUT2D eigenvalue weighted by molar-refractivity contribution is 6.33. The van der Waals surface area contributed by atoms with Crippen molar-refractivity contribution in [2.45, 2.75) is 0 Å². The number of para-hydroxylation sites is 1. The first-order chi connectivity index (χ1) is 4.34. The van der Waals surface area contributed by atoms with Gasteiger partial charge in [0.1, 0.15) is 5.02 Å². The Morgan fingerprint density at radius 2 is 1.82 bits per heavy atom. The van der Waals surface area contributed by atoms with Crippen LogP contribution in [-0.2, 0) is 0 Å². The van der Waals surface area contributed by atoms with E-state index in [0.29, 0.717) is 10.7 Å². The van der Waals surface area contributed by atoms with Gasteiger partial charge in [0.05, 0.1) is 0 Å². The van der Waals surface area contributed by atoms with Gasteiger partial charge in [-0.2, -0.15) is 0 Å². The van der Waals surface area contributed by atoms with Crippen molar-refractivity contribution < 1.29 is 12.4 Å². The van der Waals surface area contributed by atoms with E-state index in [1.165, 1.54) is 0 Å². The smallest absolute Gasteiger partial charge is 0.358 e. The van der Waals surface area contributed by atoms with Crippen LogP contribution in [0.2, 0.25) is 5.02 Å². The van der Waals surface area contributed by atoms with Crippen molar-refractivity contribution in [2.75, 3.05) is 0 Å². The number of benzene rings is 1. The molecule has 11 heavy (non-hydrogen) atoms. The molecule has 4 heteroatoms. The maximum Gasteiger partial charge on any atom is 0.358 e. The molecule has 0 aliphatic carbocycles. The minimum Gasteiger partial charge on any atom is -1.00 e. The van der Waals surface area contributed by atoms with Crippen LogP contribution in [0.4, 0.5) is 5.69 Å². The summed E-state index contributed by atoms with van der Waals surface area (Å²) in [5, 5.41) is 0.583. The van der Waals surface area contributed by atoms with E-state index in [4.69, 9.17) is 18.2 Å². The number of nitrogens with zero attached hydrogens (tertiary/aromatic N) is 1. The van der Waals surface area contributed by atoms with Gasteiger partial charge in [0.2, 0.25) is 0 Å². The van der Waals surface area contributed by atoms with Crippen molar-refractivity contribution in [3.8, 4) is 6.57 Å². The maximum atomic E-state index is 5.65. The Kier molecular flexibility index (Phi) is 7.55. The van der Waals surface area contributed by atoms with Crippen LogP contribution in [0.3, 0.4) is 0 Å². The molecule has 0 amide bonds. The molecular formula is C7H6Cl3N. The van der Waals surface area contributed by atoms with Gasteiger partial charge in [0.15, 0.2) is 0 Å². The molecule has 0 unspecified atom stereocenters. The lowest BCUT2D eigenvalue weighted by atomic mass is 10.3. The van der Waals surface area contributed by atoms with Gasteiger partial charge in [-0.25, -0.2) is 0 Å². The lowest BCUT2D eigenvalue weighted by Crippen LogP contribution is -3.00. The van der Waals surface area contributed by atoms with Gasteiger partial charge in [-0.05, 0) is 10.9 Å². The zero-order chi connectivity index (χ0) is 6.69. The fraction of sp³-hybridized carbons (Fsp3) is 0. The van der Waals surface area contributed by atoms with E-state index in [2.05, 4.69) is 4.85 Å². The molecule has 1 aromatic carbocycles. The predicted octanol–water partition coefficient (Wildman–Crippen LogP) is 0.360. The molecule has 0 saturated carbocycles. The van der Waals surface area contributed by atoms with Crippen LogP contribution < -0.4 is 12.4 Å². The summed E-state index contributed by atoms with van der Waals surface area (Å²) in [7, 11) is 0. The molecule has 0 atom stereocenters. The minimum atomic E-state index is 0. The highest BCUT2D eigenvalue weighted by Gasteiger charge is 2.03. The second kappa shape index (κ2) is 6.30. The summed E-state index contributed by atoms with van der Waals surface area (Å²) in [6.07, 6.45) is 0. The zero-order valence-electron chi connectivity index (χ0n) is 5.50. The van der Waals surface area contributed by atoms with Crippen LogP contribution in [0.1, 0.15) is 0 Å². The van der Waals surface area contributed by atoms with Gasteiger partial charge in [-0.15, -0.1) is 12.4 Å². The summed E-state index contributed by atoms with van der Waals surface area (Å²) in [5.41, 5.74) is 0.624. The topological polar surface area (TPSA) is 4.36 Å². The quantitative estimate of drug-likeness (QED) is 0.582. The first-order valence-corrected chi connectivity index (χ1v) is 2.88. The number of hydrogen-bond acceptors (Lipinski definition) is 0. The average Bonchev–Trinajstić information content (AvgIpc) is 1.89. The van der Waals surface area contributed by atoms with E-state index < -0.39 is 0 Å². The Morgan fingerprint density at radius 3 is 2.18 bits per heavy atom. The van der Waals surface area contributed by atoms with Crippen LogP contribution in [-0.4, -0.2) is 0 Å². The molecule has 0 bridgehead atoms. The summed E-state index contributed by atoms with van der Waals surface area (Å²) in [6.45, 7) is 4.99. The first-order valence-electron chi connectivity index (χ1n) is 2.50. The van der Waals surface area contributed by atoms with Crippen LogP contribution in [0.25, 0.3) is 4.85 Å². The van der Waals surface area contributed by atoms with Crippen molar-refractivity contribution in [1.29, 1.82) is 0 Å². The number of hydrogen-bond donors (Lipinski definition) is 0. The molecule has 1 nitrogen and oxygen atoms in total. The second-order valence-corrected chi connectivity index (χ2v) is 1.99. The third-order valence-corrected chi connectivity index (χ3v) is 1.31. The van der Waals surface area contributed by atoms with Gasteiger partial charge in [-0.3, -0.25) is 0 Å². The SMILES string of the molecule is C#[N+]c1ccccc1Cl.Cl.[Cl-]. The molecule has 0 spiro atoms. The molecule has 0 N–H and O–H groups in total. The molecule has 0 heterocycles. The summed E-state index contributed by atoms with van der Waals surface area (Å²) in [6, 6.07) is 7.16. The lowest BCUT2D eigenvalue weighted by molar-refractivity contribution is -0.00000187. The zero-order valence-corrected chi connectivity index (χ0v) is 7.83. The van der Waals surface area contributed by atoms with E-state index >= 15 is 0 Å². The molecule has 0 saturated heterocycles. The lowest BCUT2D eigenvalue weighted by Gasteiger charge is -1.80. The van der Waals surface area contributed by atoms with Gasteiger partial charge >= 0.3 is 5.69 Å². The molecular weight excluding hydrogens is 204 g/mol. The molecule has 0 aromatic heterocycles. The van der Waals surface area contributed by atoms with Crippen LogP contribution in [0.15, 0.2) is 24.3 Å². The maximum absolute atomic E-state index is 5.65.